The molecule has 16 nitrogen and oxygen atoms in total. The molecule has 0 aliphatic carbocycles. The zero-order chi connectivity index (χ0) is 43.1. The summed E-state index contributed by atoms with van der Waals surface area (Å²) in [5.41, 5.74) is 2.06. The van der Waals surface area contributed by atoms with E-state index in [0.717, 1.165) is 15.6 Å². The Labute approximate surface area is 368 Å². The second-order valence-corrected chi connectivity index (χ2v) is 13.4. The Bertz CT molecular complexity index is 1370. The van der Waals surface area contributed by atoms with Gasteiger partial charge in [0.25, 0.3) is 0 Å². The van der Waals surface area contributed by atoms with Crippen molar-refractivity contribution < 1.29 is 76.5 Å². The summed E-state index contributed by atoms with van der Waals surface area (Å²) in [6.07, 6.45) is 0. The molecule has 2 N–H and O–H groups in total. The Hall–Kier alpha value is -3.14. The highest BCUT2D eigenvalue weighted by molar-refractivity contribution is 9.10. The number of para-hydroxylation sites is 4. The van der Waals surface area contributed by atoms with Crippen LogP contribution in [0.2, 0.25) is 0 Å². The third-order valence-corrected chi connectivity index (χ3v) is 9.03. The van der Waals surface area contributed by atoms with Gasteiger partial charge in [-0.3, -0.25) is 0 Å². The van der Waals surface area contributed by atoms with Crippen LogP contribution in [-0.2, 0) is 60.6 Å². The first kappa shape index (κ1) is 52.2. The van der Waals surface area contributed by atoms with Crippen LogP contribution < -0.4 is 18.9 Å². The van der Waals surface area contributed by atoms with E-state index in [1.807, 2.05) is 66.7 Å². The summed E-state index contributed by atoms with van der Waals surface area (Å²) in [7, 11) is 0. The smallest absolute Gasteiger partial charge is 0.161 e. The molecule has 0 aliphatic heterocycles. The third-order valence-electron chi connectivity index (χ3n) is 8.02. The number of benzene rings is 3. The van der Waals surface area contributed by atoms with Gasteiger partial charge in [-0.15, -0.1) is 0 Å². The van der Waals surface area contributed by atoms with Gasteiger partial charge in [0.1, 0.15) is 26.4 Å². The molecule has 0 unspecified atom stereocenters. The molecule has 0 saturated carbocycles. The molecule has 344 valence electrons. The molecule has 0 aromatic heterocycles. The molecule has 0 amide bonds. The van der Waals surface area contributed by atoms with Crippen LogP contribution in [0.1, 0.15) is 11.1 Å². The fraction of sp³-hybridized carbons (Fsp3) is 0.591. The molecule has 0 radical (unpaired) electrons. The minimum Gasteiger partial charge on any atom is -0.487 e. The molecule has 3 rings (SSSR count). The van der Waals surface area contributed by atoms with Crippen molar-refractivity contribution in [3.63, 3.8) is 0 Å². The lowest BCUT2D eigenvalue weighted by atomic mass is 10.1. The normalized spacial score (nSPS) is 11.3. The van der Waals surface area contributed by atoms with Crippen molar-refractivity contribution in [3.8, 4) is 23.0 Å². The van der Waals surface area contributed by atoms with Crippen LogP contribution in [0, 0.1) is 0 Å². The van der Waals surface area contributed by atoms with E-state index in [1.54, 1.807) is 0 Å². The first-order chi connectivity index (χ1) is 30.2. The molecule has 3 aromatic carbocycles. The molecular weight excluding hydrogens is 864 g/mol. The summed E-state index contributed by atoms with van der Waals surface area (Å²) in [5.74, 6) is 2.56. The van der Waals surface area contributed by atoms with Crippen LogP contribution in [0.25, 0.3) is 0 Å². The van der Waals surface area contributed by atoms with Gasteiger partial charge in [-0.1, -0.05) is 58.4 Å². The number of halogens is 1. The first-order valence-corrected chi connectivity index (χ1v) is 21.5. The van der Waals surface area contributed by atoms with Crippen LogP contribution in [0.5, 0.6) is 23.0 Å². The molecule has 0 saturated heterocycles. The summed E-state index contributed by atoms with van der Waals surface area (Å²) >= 11 is 3.70. The summed E-state index contributed by atoms with van der Waals surface area (Å²) < 4.78 is 79.7. The van der Waals surface area contributed by atoms with Crippen LogP contribution in [0.4, 0.5) is 0 Å². The topological polar surface area (TPSA) is 170 Å². The Kier molecular flexibility index (Phi) is 32.0. The Morgan fingerprint density at radius 2 is 0.541 bits per heavy atom. The molecule has 17 heteroatoms. The van der Waals surface area contributed by atoms with Crippen molar-refractivity contribution in [1.82, 2.24) is 0 Å². The van der Waals surface area contributed by atoms with E-state index in [4.69, 9.17) is 76.5 Å². The summed E-state index contributed by atoms with van der Waals surface area (Å²) in [6, 6.07) is 21.0. The average molecular weight is 930 g/mol. The van der Waals surface area contributed by atoms with Gasteiger partial charge in [0, 0.05) is 4.47 Å². The fourth-order valence-electron chi connectivity index (χ4n) is 5.09. The third kappa shape index (κ3) is 26.2. The fourth-order valence-corrected chi connectivity index (χ4v) is 5.59. The number of aliphatic hydroxyl groups excluding tert-OH is 2. The van der Waals surface area contributed by atoms with Gasteiger partial charge in [-0.2, -0.15) is 0 Å². The van der Waals surface area contributed by atoms with Crippen LogP contribution in [-0.4, -0.2) is 169 Å². The molecule has 0 aliphatic rings. The second kappa shape index (κ2) is 37.4. The van der Waals surface area contributed by atoms with Gasteiger partial charge >= 0.3 is 0 Å². The van der Waals surface area contributed by atoms with Gasteiger partial charge in [0.05, 0.1) is 145 Å². The lowest BCUT2D eigenvalue weighted by Gasteiger charge is -2.13. The van der Waals surface area contributed by atoms with E-state index in [-0.39, 0.29) is 13.2 Å². The van der Waals surface area contributed by atoms with Crippen molar-refractivity contribution in [2.75, 3.05) is 159 Å². The van der Waals surface area contributed by atoms with E-state index in [9.17, 15) is 0 Å². The van der Waals surface area contributed by atoms with Crippen molar-refractivity contribution in [2.45, 2.75) is 13.2 Å². The lowest BCUT2D eigenvalue weighted by molar-refractivity contribution is 0.00477. The van der Waals surface area contributed by atoms with E-state index in [1.165, 1.54) is 0 Å². The monoisotopic (exact) mass is 928 g/mol. The summed E-state index contributed by atoms with van der Waals surface area (Å²) in [6.45, 7) is 10.0. The van der Waals surface area contributed by atoms with Crippen molar-refractivity contribution in [3.05, 3.63) is 82.3 Å². The van der Waals surface area contributed by atoms with Gasteiger partial charge in [0.15, 0.2) is 23.0 Å². The maximum absolute atomic E-state index is 8.71. The van der Waals surface area contributed by atoms with Crippen molar-refractivity contribution in [1.29, 1.82) is 0 Å². The predicted molar refractivity (Wildman–Crippen MR) is 229 cm³/mol. The highest BCUT2D eigenvalue weighted by Crippen LogP contribution is 2.27. The first-order valence-electron chi connectivity index (χ1n) is 20.7. The van der Waals surface area contributed by atoms with E-state index >= 15 is 0 Å². The van der Waals surface area contributed by atoms with Crippen LogP contribution >= 0.6 is 15.9 Å². The molecule has 0 atom stereocenters. The number of hydrogen-bond donors (Lipinski definition) is 2. The summed E-state index contributed by atoms with van der Waals surface area (Å²) in [5, 5.41) is 17.4. The van der Waals surface area contributed by atoms with Crippen LogP contribution in [0.15, 0.2) is 71.2 Å². The SMILES string of the molecule is OCCOCCOCCOc1ccccc1OCCOCCOCCOCc1cccc(COCCOCCOCCOc2ccccc2OCCOCCOCCO)c1Br. The molecule has 0 fully saturated rings. The maximum atomic E-state index is 8.71. The zero-order valence-electron chi connectivity index (χ0n) is 35.2. The zero-order valence-corrected chi connectivity index (χ0v) is 36.8. The van der Waals surface area contributed by atoms with E-state index in [0.29, 0.717) is 182 Å². The van der Waals surface area contributed by atoms with Gasteiger partial charge in [-0.05, 0) is 35.4 Å². The molecule has 0 heterocycles. The molecule has 0 bridgehead atoms. The second-order valence-electron chi connectivity index (χ2n) is 12.6. The average Bonchev–Trinajstić information content (AvgIpc) is 3.28. The highest BCUT2D eigenvalue weighted by Gasteiger charge is 2.08. The Morgan fingerprint density at radius 1 is 0.295 bits per heavy atom. The largest absolute Gasteiger partial charge is 0.487 e. The minimum absolute atomic E-state index is 0.00140. The van der Waals surface area contributed by atoms with E-state index in [2.05, 4.69) is 15.9 Å². The number of ether oxygens (including phenoxy) is 14. The van der Waals surface area contributed by atoms with Crippen LogP contribution in [0.3, 0.4) is 0 Å². The van der Waals surface area contributed by atoms with Gasteiger partial charge in [-0.25, -0.2) is 0 Å². The molecule has 61 heavy (non-hydrogen) atoms. The Morgan fingerprint density at radius 3 is 0.820 bits per heavy atom. The standard InChI is InChI=1S/C44H65BrO16/c45-44-38(36-56-26-24-50-20-22-54-30-34-60-42-10-3-1-8-40(42)58-32-28-52-18-16-48-14-12-46)6-5-7-39(44)37-57-27-25-51-21-23-55-31-35-61-43-11-4-2-9-41(43)59-33-29-53-19-17-49-15-13-47/h1-11,46-47H,12-37H2. The van der Waals surface area contributed by atoms with Crippen molar-refractivity contribution in [2.24, 2.45) is 0 Å². The minimum atomic E-state index is 0.00140. The predicted octanol–water partition coefficient (Wildman–Crippen LogP) is 4.52. The maximum Gasteiger partial charge on any atom is 0.161 e. The number of aliphatic hydroxyl groups is 2. The highest BCUT2D eigenvalue weighted by atomic mass is 79.9. The lowest BCUT2D eigenvalue weighted by Crippen LogP contribution is -2.14. The molecule has 0 spiro atoms. The number of rotatable bonds is 42. The van der Waals surface area contributed by atoms with Crippen molar-refractivity contribution >= 4 is 15.9 Å². The quantitative estimate of drug-likeness (QED) is 0.0761. The van der Waals surface area contributed by atoms with E-state index < -0.39 is 0 Å². The van der Waals surface area contributed by atoms with Gasteiger partial charge in [0.2, 0.25) is 0 Å². The Balaban J connectivity index is 1.11. The number of hydrogen-bond acceptors (Lipinski definition) is 16. The molecular formula is C44H65BrO16. The summed E-state index contributed by atoms with van der Waals surface area (Å²) in [4.78, 5) is 0. The molecule has 3 aromatic rings. The van der Waals surface area contributed by atoms with Gasteiger partial charge < -0.3 is 76.5 Å².